The van der Waals surface area contributed by atoms with Crippen molar-refractivity contribution in [3.8, 4) is 11.1 Å². The molecule has 0 bridgehead atoms. The molecule has 0 spiro atoms. The molecule has 4 rings (SSSR count). The fourth-order valence-electron chi connectivity index (χ4n) is 3.20. The average Bonchev–Trinajstić information content (AvgIpc) is 2.61. The molecule has 1 N–H and O–H groups in total. The van der Waals surface area contributed by atoms with Gasteiger partial charge in [-0.1, -0.05) is 84.0 Å². The molecule has 23 heavy (non-hydrogen) atoms. The lowest BCUT2D eigenvalue weighted by atomic mass is 9.90. The van der Waals surface area contributed by atoms with Crippen LogP contribution in [0.4, 0.5) is 0 Å². The number of hydrogen-bond acceptors (Lipinski definition) is 2. The third-order valence-electron chi connectivity index (χ3n) is 4.22. The summed E-state index contributed by atoms with van der Waals surface area (Å²) in [6.45, 7) is 0. The molecule has 4 aromatic carbocycles. The van der Waals surface area contributed by atoms with Crippen molar-refractivity contribution in [2.45, 2.75) is 0 Å². The van der Waals surface area contributed by atoms with Crippen molar-refractivity contribution in [3.63, 3.8) is 0 Å². The summed E-state index contributed by atoms with van der Waals surface area (Å²) in [5, 5.41) is 17.0. The van der Waals surface area contributed by atoms with Crippen LogP contribution in [0.2, 0.25) is 0 Å². The lowest BCUT2D eigenvalue weighted by Gasteiger charge is -2.13. The summed E-state index contributed by atoms with van der Waals surface area (Å²) in [6, 6.07) is 27.0. The quantitative estimate of drug-likeness (QED) is 0.297. The van der Waals surface area contributed by atoms with Gasteiger partial charge in [0.25, 0.3) is 0 Å². The summed E-state index contributed by atoms with van der Waals surface area (Å²) >= 11 is 0. The average molecular weight is 297 g/mol. The lowest BCUT2D eigenvalue weighted by molar-refractivity contribution is 0.322. The van der Waals surface area contributed by atoms with E-state index in [-0.39, 0.29) is 0 Å². The standard InChI is InChI=1S/C21H15NO/c23-22-14-17-13-12-16-7-2-4-10-19(16)21(17)20-11-5-8-15-6-1-3-9-18(15)20/h1-14,23H/b22-14+. The second-order valence-electron chi connectivity index (χ2n) is 5.52. The lowest BCUT2D eigenvalue weighted by Crippen LogP contribution is -1.91. The molecule has 4 aromatic rings. The molecule has 2 nitrogen and oxygen atoms in total. The van der Waals surface area contributed by atoms with Gasteiger partial charge in [-0.25, -0.2) is 0 Å². The minimum atomic E-state index is 0.905. The van der Waals surface area contributed by atoms with E-state index < -0.39 is 0 Å². The fraction of sp³-hybridized carbons (Fsp3) is 0. The Morgan fingerprint density at radius 2 is 1.30 bits per heavy atom. The summed E-state index contributed by atoms with van der Waals surface area (Å²) in [5.41, 5.74) is 3.15. The van der Waals surface area contributed by atoms with Gasteiger partial charge in [-0.15, -0.1) is 0 Å². The third kappa shape index (κ3) is 2.25. The monoisotopic (exact) mass is 297 g/mol. The molecule has 110 valence electrons. The second-order valence-corrected chi connectivity index (χ2v) is 5.52. The first kappa shape index (κ1) is 13.5. The Balaban J connectivity index is 2.16. The Hall–Kier alpha value is -3.13. The molecule has 0 amide bonds. The topological polar surface area (TPSA) is 32.6 Å². The number of rotatable bonds is 2. The van der Waals surface area contributed by atoms with Gasteiger partial charge < -0.3 is 5.21 Å². The number of fused-ring (bicyclic) bond motifs is 2. The van der Waals surface area contributed by atoms with Crippen molar-refractivity contribution in [1.29, 1.82) is 0 Å². The predicted molar refractivity (Wildman–Crippen MR) is 96.3 cm³/mol. The van der Waals surface area contributed by atoms with Crippen molar-refractivity contribution in [2.75, 3.05) is 0 Å². The normalized spacial score (nSPS) is 11.5. The van der Waals surface area contributed by atoms with Gasteiger partial charge in [-0.3, -0.25) is 0 Å². The van der Waals surface area contributed by atoms with Gasteiger partial charge >= 0.3 is 0 Å². The summed E-state index contributed by atoms with van der Waals surface area (Å²) < 4.78 is 0. The van der Waals surface area contributed by atoms with E-state index in [9.17, 15) is 0 Å². The summed E-state index contributed by atoms with van der Waals surface area (Å²) in [4.78, 5) is 0. The zero-order valence-corrected chi connectivity index (χ0v) is 12.5. The van der Waals surface area contributed by atoms with Gasteiger partial charge in [0, 0.05) is 5.56 Å². The first-order valence-electron chi connectivity index (χ1n) is 7.56. The molecular weight excluding hydrogens is 282 g/mol. The van der Waals surface area contributed by atoms with E-state index in [0.717, 1.165) is 22.1 Å². The molecular formula is C21H15NO. The minimum Gasteiger partial charge on any atom is -0.411 e. The van der Waals surface area contributed by atoms with Crippen LogP contribution in [0.5, 0.6) is 0 Å². The first-order chi connectivity index (χ1) is 11.4. The van der Waals surface area contributed by atoms with E-state index in [2.05, 4.69) is 59.8 Å². The third-order valence-corrected chi connectivity index (χ3v) is 4.22. The van der Waals surface area contributed by atoms with Crippen molar-refractivity contribution in [2.24, 2.45) is 5.16 Å². The van der Waals surface area contributed by atoms with Gasteiger partial charge in [0.05, 0.1) is 6.21 Å². The van der Waals surface area contributed by atoms with Crippen molar-refractivity contribution >= 4 is 27.8 Å². The zero-order chi connectivity index (χ0) is 15.6. The van der Waals surface area contributed by atoms with Crippen LogP contribution in [0.1, 0.15) is 5.56 Å². The van der Waals surface area contributed by atoms with Crippen LogP contribution < -0.4 is 0 Å². The maximum Gasteiger partial charge on any atom is 0.0740 e. The summed E-state index contributed by atoms with van der Waals surface area (Å²) in [7, 11) is 0. The largest absolute Gasteiger partial charge is 0.411 e. The van der Waals surface area contributed by atoms with E-state index in [1.54, 1.807) is 0 Å². The molecule has 0 atom stereocenters. The molecule has 0 aliphatic carbocycles. The number of hydrogen-bond donors (Lipinski definition) is 1. The zero-order valence-electron chi connectivity index (χ0n) is 12.5. The van der Waals surface area contributed by atoms with Gasteiger partial charge in [-0.2, -0.15) is 0 Å². The van der Waals surface area contributed by atoms with E-state index in [1.165, 1.54) is 22.4 Å². The van der Waals surface area contributed by atoms with Gasteiger partial charge in [0.1, 0.15) is 0 Å². The van der Waals surface area contributed by atoms with Crippen LogP contribution in [0, 0.1) is 0 Å². The number of nitrogens with zero attached hydrogens (tertiary/aromatic N) is 1. The molecule has 0 aliphatic heterocycles. The van der Waals surface area contributed by atoms with Crippen molar-refractivity contribution < 1.29 is 5.21 Å². The highest BCUT2D eigenvalue weighted by molar-refractivity contribution is 6.10. The van der Waals surface area contributed by atoms with E-state index in [1.807, 2.05) is 24.3 Å². The van der Waals surface area contributed by atoms with Gasteiger partial charge in [-0.05, 0) is 32.7 Å². The van der Waals surface area contributed by atoms with Crippen LogP contribution >= 0.6 is 0 Å². The Kier molecular flexibility index (Phi) is 3.28. The maximum atomic E-state index is 9.05. The van der Waals surface area contributed by atoms with Crippen molar-refractivity contribution in [1.82, 2.24) is 0 Å². The highest BCUT2D eigenvalue weighted by Crippen LogP contribution is 2.36. The van der Waals surface area contributed by atoms with E-state index in [4.69, 9.17) is 5.21 Å². The highest BCUT2D eigenvalue weighted by Gasteiger charge is 2.11. The molecule has 0 unspecified atom stereocenters. The molecule has 2 heteroatoms. The molecule has 0 aromatic heterocycles. The van der Waals surface area contributed by atoms with Crippen LogP contribution in [0.3, 0.4) is 0 Å². The number of benzene rings is 4. The van der Waals surface area contributed by atoms with Gasteiger partial charge in [0.15, 0.2) is 0 Å². The molecule has 0 radical (unpaired) electrons. The molecule has 0 saturated carbocycles. The highest BCUT2D eigenvalue weighted by atomic mass is 16.4. The van der Waals surface area contributed by atoms with Gasteiger partial charge in [0.2, 0.25) is 0 Å². The van der Waals surface area contributed by atoms with E-state index in [0.29, 0.717) is 0 Å². The Morgan fingerprint density at radius 1 is 0.652 bits per heavy atom. The van der Waals surface area contributed by atoms with Crippen molar-refractivity contribution in [3.05, 3.63) is 84.4 Å². The summed E-state index contributed by atoms with van der Waals surface area (Å²) in [5.74, 6) is 0. The van der Waals surface area contributed by atoms with Crippen LogP contribution in [-0.2, 0) is 0 Å². The second kappa shape index (κ2) is 5.58. The van der Waals surface area contributed by atoms with E-state index >= 15 is 0 Å². The van der Waals surface area contributed by atoms with Crippen LogP contribution in [0.15, 0.2) is 84.0 Å². The smallest absolute Gasteiger partial charge is 0.0740 e. The predicted octanol–water partition coefficient (Wildman–Crippen LogP) is 5.47. The molecule has 0 fully saturated rings. The Morgan fingerprint density at radius 3 is 2.09 bits per heavy atom. The minimum absolute atomic E-state index is 0.905. The maximum absolute atomic E-state index is 9.05. The summed E-state index contributed by atoms with van der Waals surface area (Å²) in [6.07, 6.45) is 1.50. The molecule has 0 saturated heterocycles. The van der Waals surface area contributed by atoms with Crippen LogP contribution in [0.25, 0.3) is 32.7 Å². The molecule has 0 heterocycles. The molecule has 0 aliphatic rings. The van der Waals surface area contributed by atoms with Crippen LogP contribution in [-0.4, -0.2) is 11.4 Å². The first-order valence-corrected chi connectivity index (χ1v) is 7.56. The Labute approximate surface area is 134 Å². The number of oxime groups is 1. The Bertz CT molecular complexity index is 1030. The SMILES string of the molecule is O/N=C/c1ccc2ccccc2c1-c1cccc2ccccc12. The fourth-order valence-corrected chi connectivity index (χ4v) is 3.20.